The van der Waals surface area contributed by atoms with Gasteiger partial charge in [-0.3, -0.25) is 4.98 Å². The molecule has 2 unspecified atom stereocenters. The van der Waals surface area contributed by atoms with Gasteiger partial charge in [0, 0.05) is 12.7 Å². The molecule has 3 heteroatoms. The molecule has 1 aromatic rings. The number of rotatable bonds is 4. The van der Waals surface area contributed by atoms with E-state index in [2.05, 4.69) is 10.3 Å². The van der Waals surface area contributed by atoms with Gasteiger partial charge in [-0.2, -0.15) is 0 Å². The van der Waals surface area contributed by atoms with Gasteiger partial charge in [-0.05, 0) is 43.9 Å². The minimum Gasteiger partial charge on any atom is -0.393 e. The van der Waals surface area contributed by atoms with Crippen LogP contribution in [0.3, 0.4) is 0 Å². The third-order valence-corrected chi connectivity index (χ3v) is 3.22. The van der Waals surface area contributed by atoms with Crippen molar-refractivity contribution in [1.82, 2.24) is 10.3 Å². The van der Waals surface area contributed by atoms with Gasteiger partial charge in [0.1, 0.15) is 0 Å². The third kappa shape index (κ3) is 3.58. The molecule has 1 saturated carbocycles. The van der Waals surface area contributed by atoms with Gasteiger partial charge in [-0.15, -0.1) is 0 Å². The standard InChI is InChI=1S/C13H20N2O/c16-13-6-3-4-11(8-13)9-14-10-12-5-1-2-7-15-12/h1-2,5,7,11,13-14,16H,3-4,6,8-10H2. The maximum absolute atomic E-state index is 9.56. The number of aliphatic hydroxyl groups excluding tert-OH is 1. The maximum atomic E-state index is 9.56. The molecule has 0 amide bonds. The summed E-state index contributed by atoms with van der Waals surface area (Å²) in [5, 5.41) is 13.0. The number of aromatic nitrogens is 1. The highest BCUT2D eigenvalue weighted by Gasteiger charge is 2.19. The van der Waals surface area contributed by atoms with Gasteiger partial charge in [0.2, 0.25) is 0 Å². The van der Waals surface area contributed by atoms with Gasteiger partial charge in [-0.25, -0.2) is 0 Å². The summed E-state index contributed by atoms with van der Waals surface area (Å²) in [7, 11) is 0. The molecule has 2 N–H and O–H groups in total. The van der Waals surface area contributed by atoms with Crippen LogP contribution < -0.4 is 5.32 Å². The SMILES string of the molecule is OC1CCCC(CNCc2ccccn2)C1. The van der Waals surface area contributed by atoms with Crippen molar-refractivity contribution in [1.29, 1.82) is 0 Å². The summed E-state index contributed by atoms with van der Waals surface area (Å²) in [6, 6.07) is 5.97. The molecule has 1 heterocycles. The Morgan fingerprint density at radius 3 is 3.06 bits per heavy atom. The first kappa shape index (κ1) is 11.6. The zero-order valence-electron chi connectivity index (χ0n) is 9.60. The molecular weight excluding hydrogens is 200 g/mol. The van der Waals surface area contributed by atoms with E-state index in [9.17, 15) is 5.11 Å². The Balaban J connectivity index is 1.68. The molecule has 1 aliphatic rings. The molecule has 0 saturated heterocycles. The van der Waals surface area contributed by atoms with Crippen molar-refractivity contribution in [3.63, 3.8) is 0 Å². The highest BCUT2D eigenvalue weighted by Crippen LogP contribution is 2.23. The molecule has 16 heavy (non-hydrogen) atoms. The first-order chi connectivity index (χ1) is 7.84. The first-order valence-electron chi connectivity index (χ1n) is 6.13. The lowest BCUT2D eigenvalue weighted by atomic mass is 9.87. The van der Waals surface area contributed by atoms with Crippen LogP contribution in [0.2, 0.25) is 0 Å². The second-order valence-electron chi connectivity index (χ2n) is 4.64. The molecule has 0 spiro atoms. The van der Waals surface area contributed by atoms with Gasteiger partial charge in [0.25, 0.3) is 0 Å². The van der Waals surface area contributed by atoms with E-state index in [4.69, 9.17) is 0 Å². The second kappa shape index (κ2) is 5.97. The van der Waals surface area contributed by atoms with Crippen molar-refractivity contribution >= 4 is 0 Å². The zero-order valence-corrected chi connectivity index (χ0v) is 9.60. The van der Waals surface area contributed by atoms with E-state index in [1.54, 1.807) is 0 Å². The van der Waals surface area contributed by atoms with Crippen molar-refractivity contribution < 1.29 is 5.11 Å². The van der Waals surface area contributed by atoms with E-state index >= 15 is 0 Å². The Bertz CT molecular complexity index is 302. The lowest BCUT2D eigenvalue weighted by molar-refractivity contribution is 0.101. The molecule has 0 radical (unpaired) electrons. The van der Waals surface area contributed by atoms with Crippen LogP contribution in [-0.2, 0) is 6.54 Å². The molecule has 2 atom stereocenters. The number of aliphatic hydroxyl groups is 1. The van der Waals surface area contributed by atoms with Crippen molar-refractivity contribution in [2.75, 3.05) is 6.54 Å². The summed E-state index contributed by atoms with van der Waals surface area (Å²) in [4.78, 5) is 4.26. The summed E-state index contributed by atoms with van der Waals surface area (Å²) in [5.41, 5.74) is 1.08. The lowest BCUT2D eigenvalue weighted by Gasteiger charge is -2.25. The smallest absolute Gasteiger partial charge is 0.0543 e. The highest BCUT2D eigenvalue weighted by molar-refractivity contribution is 5.02. The zero-order chi connectivity index (χ0) is 11.2. The third-order valence-electron chi connectivity index (χ3n) is 3.22. The number of pyridine rings is 1. The summed E-state index contributed by atoms with van der Waals surface area (Å²) < 4.78 is 0. The van der Waals surface area contributed by atoms with Crippen LogP contribution in [0.4, 0.5) is 0 Å². The highest BCUT2D eigenvalue weighted by atomic mass is 16.3. The summed E-state index contributed by atoms with van der Waals surface area (Å²) >= 11 is 0. The monoisotopic (exact) mass is 220 g/mol. The van der Waals surface area contributed by atoms with Crippen LogP contribution in [0, 0.1) is 5.92 Å². The number of hydrogen-bond donors (Lipinski definition) is 2. The topological polar surface area (TPSA) is 45.1 Å². The minimum absolute atomic E-state index is 0.0737. The fourth-order valence-electron chi connectivity index (χ4n) is 2.36. The lowest BCUT2D eigenvalue weighted by Crippen LogP contribution is -2.29. The Morgan fingerprint density at radius 1 is 1.38 bits per heavy atom. The maximum Gasteiger partial charge on any atom is 0.0543 e. The van der Waals surface area contributed by atoms with E-state index in [1.165, 1.54) is 6.42 Å². The van der Waals surface area contributed by atoms with E-state index in [1.807, 2.05) is 24.4 Å². The van der Waals surface area contributed by atoms with Gasteiger partial charge in [0.05, 0.1) is 11.8 Å². The molecule has 0 bridgehead atoms. The van der Waals surface area contributed by atoms with E-state index in [0.29, 0.717) is 5.92 Å². The van der Waals surface area contributed by atoms with Gasteiger partial charge < -0.3 is 10.4 Å². The largest absolute Gasteiger partial charge is 0.393 e. The van der Waals surface area contributed by atoms with Crippen LogP contribution in [-0.4, -0.2) is 22.7 Å². The van der Waals surface area contributed by atoms with Crippen molar-refractivity contribution in [3.8, 4) is 0 Å². The van der Waals surface area contributed by atoms with Crippen LogP contribution in [0.15, 0.2) is 24.4 Å². The molecule has 2 rings (SSSR count). The van der Waals surface area contributed by atoms with Crippen molar-refractivity contribution in [2.45, 2.75) is 38.3 Å². The van der Waals surface area contributed by atoms with Crippen LogP contribution in [0.1, 0.15) is 31.4 Å². The minimum atomic E-state index is -0.0737. The predicted octanol–water partition coefficient (Wildman–Crippen LogP) is 1.72. The van der Waals surface area contributed by atoms with Gasteiger partial charge in [0.15, 0.2) is 0 Å². The van der Waals surface area contributed by atoms with Crippen molar-refractivity contribution in [3.05, 3.63) is 30.1 Å². The second-order valence-corrected chi connectivity index (χ2v) is 4.64. The van der Waals surface area contributed by atoms with Gasteiger partial charge in [-0.1, -0.05) is 12.5 Å². The molecule has 1 aliphatic carbocycles. The average Bonchev–Trinajstić information content (AvgIpc) is 2.30. The van der Waals surface area contributed by atoms with Gasteiger partial charge >= 0.3 is 0 Å². The van der Waals surface area contributed by atoms with Crippen LogP contribution in [0.25, 0.3) is 0 Å². The summed E-state index contributed by atoms with van der Waals surface area (Å²) in [5.74, 6) is 0.632. The number of nitrogens with one attached hydrogen (secondary N) is 1. The fourth-order valence-corrected chi connectivity index (χ4v) is 2.36. The molecule has 0 aromatic carbocycles. The summed E-state index contributed by atoms with van der Waals surface area (Å²) in [6.07, 6.45) is 6.09. The summed E-state index contributed by atoms with van der Waals surface area (Å²) in [6.45, 7) is 1.82. The molecule has 3 nitrogen and oxygen atoms in total. The average molecular weight is 220 g/mol. The first-order valence-corrected chi connectivity index (χ1v) is 6.13. The number of nitrogens with zero attached hydrogens (tertiary/aromatic N) is 1. The Hall–Kier alpha value is -0.930. The molecule has 1 aromatic heterocycles. The molecule has 0 aliphatic heterocycles. The fraction of sp³-hybridized carbons (Fsp3) is 0.615. The van der Waals surface area contributed by atoms with E-state index in [-0.39, 0.29) is 6.10 Å². The number of hydrogen-bond acceptors (Lipinski definition) is 3. The quantitative estimate of drug-likeness (QED) is 0.812. The van der Waals surface area contributed by atoms with Crippen LogP contribution >= 0.6 is 0 Å². The van der Waals surface area contributed by atoms with Crippen molar-refractivity contribution in [2.24, 2.45) is 5.92 Å². The Morgan fingerprint density at radius 2 is 2.31 bits per heavy atom. The van der Waals surface area contributed by atoms with E-state index in [0.717, 1.165) is 38.0 Å². The van der Waals surface area contributed by atoms with Crippen LogP contribution in [0.5, 0.6) is 0 Å². The Labute approximate surface area is 96.9 Å². The Kier molecular flexibility index (Phi) is 4.31. The molecular formula is C13H20N2O. The predicted molar refractivity (Wildman–Crippen MR) is 63.9 cm³/mol. The molecule has 1 fully saturated rings. The normalized spacial score (nSPS) is 25.6. The molecule has 88 valence electrons. The van der Waals surface area contributed by atoms with E-state index < -0.39 is 0 Å².